The Morgan fingerprint density at radius 1 is 0.892 bits per heavy atom. The summed E-state index contributed by atoms with van der Waals surface area (Å²) in [5, 5.41) is 20.8. The molecule has 2 aliphatic rings. The molecule has 2 amide bonds. The van der Waals surface area contributed by atoms with Gasteiger partial charge in [-0.1, -0.05) is 25.0 Å². The highest BCUT2D eigenvalue weighted by molar-refractivity contribution is 7.19. The second-order valence-electron chi connectivity index (χ2n) is 15.7. The predicted octanol–water partition coefficient (Wildman–Crippen LogP) is 5.68. The first-order valence-electron chi connectivity index (χ1n) is 21.7. The van der Waals surface area contributed by atoms with Gasteiger partial charge in [-0.05, 0) is 74.8 Å². The molecule has 2 fully saturated rings. The van der Waals surface area contributed by atoms with E-state index in [-0.39, 0.29) is 51.1 Å². The molecule has 0 spiro atoms. The summed E-state index contributed by atoms with van der Waals surface area (Å²) in [5.41, 5.74) is 3.14. The number of hydrogen-bond donors (Lipinski definition) is 3. The first-order chi connectivity index (χ1) is 31.5. The van der Waals surface area contributed by atoms with Gasteiger partial charge in [-0.25, -0.2) is 15.0 Å². The fourth-order valence-electron chi connectivity index (χ4n) is 8.01. The monoisotopic (exact) mass is 911 g/mol. The van der Waals surface area contributed by atoms with Gasteiger partial charge in [0.05, 0.1) is 74.0 Å². The number of Topliss-reactive ketones (excluding diaryl/α,β-unsaturated/α-hetero) is 1. The number of thiazole rings is 1. The normalized spacial score (nSPS) is 14.2. The number of rotatable bonds is 21. The summed E-state index contributed by atoms with van der Waals surface area (Å²) in [6.07, 6.45) is 7.49. The molecule has 5 heterocycles. The number of fused-ring (bicyclic) bond motifs is 1. The molecular weight excluding hydrogens is 859 g/mol. The Bertz CT molecular complexity index is 2550. The molecule has 21 heteroatoms. The van der Waals surface area contributed by atoms with E-state index in [0.717, 1.165) is 42.7 Å². The summed E-state index contributed by atoms with van der Waals surface area (Å²) in [6, 6.07) is 10.7. The topological polar surface area (TPSA) is 238 Å². The maximum atomic E-state index is 13.6. The standard InChI is InChI=1S/C44H53N11O9S/c1-28-34-27-47-43(50-39(34)54(31-8-4-5-9-31)41(59)38(28)30(3)56)49-36-13-12-32(26-46-36)52-16-18-53(19-17-52)37(57)14-20-62-22-24-64-25-23-63-21-15-45-35-11-7-6-10-33(35)40(58)51-44-48-29(2)42(65-44)55(60)61/h6-7,10-13,26-27,31,45H,4-5,8-9,14-25H2,1-3H3,(H,48,51,58)(H,46,47,49,50). The lowest BCUT2D eigenvalue weighted by Gasteiger charge is -2.36. The van der Waals surface area contributed by atoms with E-state index >= 15 is 0 Å². The number of amides is 2. The van der Waals surface area contributed by atoms with E-state index in [2.05, 4.69) is 35.8 Å². The first kappa shape index (κ1) is 46.6. The van der Waals surface area contributed by atoms with E-state index in [0.29, 0.717) is 112 Å². The third-order valence-corrected chi connectivity index (χ3v) is 12.4. The molecule has 65 heavy (non-hydrogen) atoms. The molecule has 344 valence electrons. The Labute approximate surface area is 378 Å². The molecule has 1 saturated carbocycles. The summed E-state index contributed by atoms with van der Waals surface area (Å²) in [6.45, 7) is 9.75. The quantitative estimate of drug-likeness (QED) is 0.0347. The molecule has 5 aromatic rings. The van der Waals surface area contributed by atoms with Gasteiger partial charge in [0.2, 0.25) is 11.9 Å². The highest BCUT2D eigenvalue weighted by Gasteiger charge is 2.27. The third kappa shape index (κ3) is 11.6. The van der Waals surface area contributed by atoms with Crippen LogP contribution in [0.3, 0.4) is 0 Å². The molecule has 3 N–H and O–H groups in total. The van der Waals surface area contributed by atoms with Gasteiger partial charge in [-0.2, -0.15) is 4.98 Å². The van der Waals surface area contributed by atoms with Gasteiger partial charge in [-0.3, -0.25) is 39.2 Å². The van der Waals surface area contributed by atoms with Crippen molar-refractivity contribution in [2.45, 2.75) is 58.9 Å². The molecule has 1 saturated heterocycles. The van der Waals surface area contributed by atoms with Crippen molar-refractivity contribution in [3.05, 3.63) is 91.6 Å². The smallest absolute Gasteiger partial charge is 0.348 e. The zero-order chi connectivity index (χ0) is 45.9. The van der Waals surface area contributed by atoms with Crippen molar-refractivity contribution < 1.29 is 33.5 Å². The molecule has 1 aromatic carbocycles. The van der Waals surface area contributed by atoms with Crippen molar-refractivity contribution in [2.24, 2.45) is 0 Å². The number of ketones is 1. The van der Waals surface area contributed by atoms with E-state index in [1.165, 1.54) is 13.8 Å². The van der Waals surface area contributed by atoms with Gasteiger partial charge in [0, 0.05) is 56.0 Å². The van der Waals surface area contributed by atoms with Crippen LogP contribution < -0.4 is 26.4 Å². The highest BCUT2D eigenvalue weighted by atomic mass is 32.1. The van der Waals surface area contributed by atoms with E-state index in [9.17, 15) is 29.3 Å². The SMILES string of the molecule is CC(=O)c1c(C)c2cnc(Nc3ccc(N4CCN(C(=O)CCOCCOCCOCCNc5ccccc5C(=O)Nc5nc(C)c([N+](=O)[O-])s5)CC4)cn3)nc2n(C2CCCC2)c1=O. The van der Waals surface area contributed by atoms with E-state index in [1.807, 2.05) is 17.0 Å². The van der Waals surface area contributed by atoms with Crippen LogP contribution in [0.15, 0.2) is 53.6 Å². The minimum Gasteiger partial charge on any atom is -0.382 e. The number of pyridine rings is 2. The van der Waals surface area contributed by atoms with Crippen LogP contribution in [0.5, 0.6) is 0 Å². The number of anilines is 5. The lowest BCUT2D eigenvalue weighted by Crippen LogP contribution is -2.49. The highest BCUT2D eigenvalue weighted by Crippen LogP contribution is 2.33. The zero-order valence-electron chi connectivity index (χ0n) is 36.7. The van der Waals surface area contributed by atoms with E-state index < -0.39 is 10.8 Å². The zero-order valence-corrected chi connectivity index (χ0v) is 37.5. The Morgan fingerprint density at radius 2 is 1.60 bits per heavy atom. The number of carbonyl (C=O) groups is 3. The van der Waals surface area contributed by atoms with Gasteiger partial charge in [0.1, 0.15) is 17.2 Å². The van der Waals surface area contributed by atoms with Crippen molar-refractivity contribution in [3.8, 4) is 0 Å². The van der Waals surface area contributed by atoms with Gasteiger partial charge >= 0.3 is 5.00 Å². The molecule has 7 rings (SSSR count). The van der Waals surface area contributed by atoms with Crippen LogP contribution in [0.25, 0.3) is 11.0 Å². The number of aromatic nitrogens is 5. The number of carbonyl (C=O) groups excluding carboxylic acids is 3. The maximum Gasteiger partial charge on any atom is 0.348 e. The number of aryl methyl sites for hydroxylation is 2. The number of nitrogens with one attached hydrogen (secondary N) is 3. The summed E-state index contributed by atoms with van der Waals surface area (Å²) < 4.78 is 18.6. The summed E-state index contributed by atoms with van der Waals surface area (Å²) in [5.74, 6) is 0.197. The van der Waals surface area contributed by atoms with Crippen molar-refractivity contribution in [1.82, 2.24) is 29.4 Å². The van der Waals surface area contributed by atoms with Crippen molar-refractivity contribution >= 4 is 73.2 Å². The van der Waals surface area contributed by atoms with E-state index in [1.54, 1.807) is 48.1 Å². The van der Waals surface area contributed by atoms with Crippen LogP contribution in [0.4, 0.5) is 33.3 Å². The van der Waals surface area contributed by atoms with Gasteiger partial charge < -0.3 is 34.6 Å². The molecular formula is C44H53N11O9S. The number of para-hydroxylation sites is 1. The number of benzene rings is 1. The summed E-state index contributed by atoms with van der Waals surface area (Å²) in [4.78, 5) is 84.3. The van der Waals surface area contributed by atoms with E-state index in [4.69, 9.17) is 19.2 Å². The van der Waals surface area contributed by atoms with Crippen LogP contribution in [0, 0.1) is 24.0 Å². The van der Waals surface area contributed by atoms with Crippen LogP contribution in [0.1, 0.15) is 77.0 Å². The minimum absolute atomic E-state index is 0.0117. The second-order valence-corrected chi connectivity index (χ2v) is 16.7. The Kier molecular flexibility index (Phi) is 15.7. The molecule has 4 aromatic heterocycles. The average Bonchev–Trinajstić information content (AvgIpc) is 3.97. The third-order valence-electron chi connectivity index (χ3n) is 11.3. The minimum atomic E-state index is -0.523. The number of nitro groups is 1. The van der Waals surface area contributed by atoms with Crippen molar-refractivity contribution in [3.63, 3.8) is 0 Å². The summed E-state index contributed by atoms with van der Waals surface area (Å²) in [7, 11) is 0. The first-order valence-corrected chi connectivity index (χ1v) is 22.5. The maximum absolute atomic E-state index is 13.6. The lowest BCUT2D eigenvalue weighted by atomic mass is 10.0. The average molecular weight is 912 g/mol. The van der Waals surface area contributed by atoms with Gasteiger partial charge in [0.25, 0.3) is 11.5 Å². The molecule has 0 radical (unpaired) electrons. The molecule has 20 nitrogen and oxygen atoms in total. The Hall–Kier alpha value is -6.42. The Morgan fingerprint density at radius 3 is 2.28 bits per heavy atom. The molecule has 0 unspecified atom stereocenters. The molecule has 0 bridgehead atoms. The van der Waals surface area contributed by atoms with Crippen LogP contribution in [-0.2, 0) is 19.0 Å². The predicted molar refractivity (Wildman–Crippen MR) is 246 cm³/mol. The Balaban J connectivity index is 0.753. The number of hydrogen-bond acceptors (Lipinski definition) is 17. The van der Waals surface area contributed by atoms with Gasteiger partial charge in [-0.15, -0.1) is 0 Å². The molecule has 1 aliphatic carbocycles. The molecule has 1 aliphatic heterocycles. The van der Waals surface area contributed by atoms with Crippen LogP contribution >= 0.6 is 11.3 Å². The molecule has 0 atom stereocenters. The largest absolute Gasteiger partial charge is 0.382 e. The van der Waals surface area contributed by atoms with Crippen LogP contribution in [0.2, 0.25) is 0 Å². The van der Waals surface area contributed by atoms with Crippen LogP contribution in [-0.4, -0.2) is 124 Å². The van der Waals surface area contributed by atoms with Crippen molar-refractivity contribution in [1.29, 1.82) is 0 Å². The number of nitrogens with zero attached hydrogens (tertiary/aromatic N) is 8. The van der Waals surface area contributed by atoms with Crippen molar-refractivity contribution in [2.75, 3.05) is 93.2 Å². The lowest BCUT2D eigenvalue weighted by molar-refractivity contribution is -0.380. The summed E-state index contributed by atoms with van der Waals surface area (Å²) >= 11 is 0.809. The fraction of sp³-hybridized carbons (Fsp3) is 0.455. The van der Waals surface area contributed by atoms with Gasteiger partial charge in [0.15, 0.2) is 10.9 Å². The number of piperazine rings is 1. The fourth-order valence-corrected chi connectivity index (χ4v) is 8.79. The second kappa shape index (κ2) is 22.0. The number of ether oxygens (including phenoxy) is 3.